The molecule has 2 fully saturated rings. The number of morpholine rings is 1. The predicted molar refractivity (Wildman–Crippen MR) is 104 cm³/mol. The lowest BCUT2D eigenvalue weighted by molar-refractivity contribution is 0.0258. The van der Waals surface area contributed by atoms with Crippen molar-refractivity contribution in [2.24, 2.45) is 5.92 Å². The minimum Gasteiger partial charge on any atom is -0.496 e. The number of methoxy groups -OCH3 is 1. The molecule has 0 bridgehead atoms. The molecule has 1 aromatic rings. The molecule has 0 aliphatic carbocycles. The Morgan fingerprint density at radius 3 is 2.69 bits per heavy atom. The summed E-state index contributed by atoms with van der Waals surface area (Å²) < 4.78 is 11.8. The minimum absolute atomic E-state index is 0.0110. The molecule has 144 valence electrons. The average Bonchev–Trinajstić information content (AvgIpc) is 2.67. The second kappa shape index (κ2) is 9.58. The number of urea groups is 1. The summed E-state index contributed by atoms with van der Waals surface area (Å²) in [6, 6.07) is 5.83. The van der Waals surface area contributed by atoms with Crippen molar-refractivity contribution < 1.29 is 14.3 Å². The van der Waals surface area contributed by atoms with Gasteiger partial charge in [-0.15, -0.1) is 0 Å². The molecule has 1 aromatic carbocycles. The number of rotatable bonds is 5. The van der Waals surface area contributed by atoms with Crippen LogP contribution in [0.2, 0.25) is 0 Å². The lowest BCUT2D eigenvalue weighted by Gasteiger charge is -2.36. The third-order valence-electron chi connectivity index (χ3n) is 5.19. The first-order valence-electron chi connectivity index (χ1n) is 9.31. The van der Waals surface area contributed by atoms with Crippen LogP contribution >= 0.6 is 15.9 Å². The fourth-order valence-electron chi connectivity index (χ4n) is 3.64. The molecule has 3 rings (SSSR count). The Morgan fingerprint density at radius 2 is 2.00 bits per heavy atom. The highest BCUT2D eigenvalue weighted by molar-refractivity contribution is 9.10. The van der Waals surface area contributed by atoms with Crippen LogP contribution in [-0.4, -0.2) is 68.9 Å². The van der Waals surface area contributed by atoms with Gasteiger partial charge in [0.2, 0.25) is 0 Å². The van der Waals surface area contributed by atoms with Crippen LogP contribution in [0.25, 0.3) is 0 Å². The molecule has 2 aliphatic rings. The average molecular weight is 426 g/mol. The SMILES string of the molecule is COc1ccc(Br)cc1CNC(=O)N1CCC(CN2CCOCC2)CC1. The van der Waals surface area contributed by atoms with E-state index in [2.05, 4.69) is 26.1 Å². The van der Waals surface area contributed by atoms with Crippen LogP contribution in [-0.2, 0) is 11.3 Å². The Morgan fingerprint density at radius 1 is 1.27 bits per heavy atom. The van der Waals surface area contributed by atoms with Crippen LogP contribution in [0.15, 0.2) is 22.7 Å². The van der Waals surface area contributed by atoms with Crippen molar-refractivity contribution in [1.29, 1.82) is 0 Å². The van der Waals surface area contributed by atoms with Crippen molar-refractivity contribution in [3.8, 4) is 5.75 Å². The predicted octanol–water partition coefficient (Wildman–Crippen LogP) is 2.71. The number of likely N-dealkylation sites (tertiary alicyclic amines) is 1. The molecule has 7 heteroatoms. The van der Waals surface area contributed by atoms with Gasteiger partial charge < -0.3 is 19.7 Å². The molecule has 6 nitrogen and oxygen atoms in total. The number of amides is 2. The standard InChI is InChI=1S/C19H28BrN3O3/c1-25-18-3-2-17(20)12-16(18)13-21-19(24)23-6-4-15(5-7-23)14-22-8-10-26-11-9-22/h2-3,12,15H,4-11,13-14H2,1H3,(H,21,24). The summed E-state index contributed by atoms with van der Waals surface area (Å²) in [5.74, 6) is 1.47. The minimum atomic E-state index is 0.0110. The number of nitrogens with one attached hydrogen (secondary N) is 1. The highest BCUT2D eigenvalue weighted by Crippen LogP contribution is 2.23. The van der Waals surface area contributed by atoms with E-state index >= 15 is 0 Å². The van der Waals surface area contributed by atoms with Gasteiger partial charge in [0.1, 0.15) is 5.75 Å². The van der Waals surface area contributed by atoms with Crippen molar-refractivity contribution >= 4 is 22.0 Å². The van der Waals surface area contributed by atoms with Crippen LogP contribution in [0.4, 0.5) is 4.79 Å². The molecule has 0 atom stereocenters. The van der Waals surface area contributed by atoms with Gasteiger partial charge in [0.05, 0.1) is 20.3 Å². The molecule has 26 heavy (non-hydrogen) atoms. The van der Waals surface area contributed by atoms with Gasteiger partial charge >= 0.3 is 6.03 Å². The maximum absolute atomic E-state index is 12.5. The van der Waals surface area contributed by atoms with E-state index in [0.29, 0.717) is 12.5 Å². The molecular formula is C19H28BrN3O3. The second-order valence-electron chi connectivity index (χ2n) is 6.96. The molecule has 2 amide bonds. The van der Waals surface area contributed by atoms with Crippen molar-refractivity contribution in [1.82, 2.24) is 15.1 Å². The van der Waals surface area contributed by atoms with E-state index in [4.69, 9.17) is 9.47 Å². The first kappa shape index (κ1) is 19.5. The van der Waals surface area contributed by atoms with Gasteiger partial charge in [0.15, 0.2) is 0 Å². The topological polar surface area (TPSA) is 54.0 Å². The van der Waals surface area contributed by atoms with Crippen molar-refractivity contribution in [2.75, 3.05) is 53.0 Å². The van der Waals surface area contributed by atoms with Crippen LogP contribution in [0.5, 0.6) is 5.75 Å². The lowest BCUT2D eigenvalue weighted by atomic mass is 9.96. The fourth-order valence-corrected chi connectivity index (χ4v) is 4.04. The Hall–Kier alpha value is -1.31. The quantitative estimate of drug-likeness (QED) is 0.787. The van der Waals surface area contributed by atoms with E-state index in [1.165, 1.54) is 0 Å². The summed E-state index contributed by atoms with van der Waals surface area (Å²) in [5, 5.41) is 3.03. The van der Waals surface area contributed by atoms with Crippen LogP contribution < -0.4 is 10.1 Å². The van der Waals surface area contributed by atoms with E-state index in [1.54, 1.807) is 7.11 Å². The normalized spacial score (nSPS) is 19.4. The molecule has 0 radical (unpaired) electrons. The summed E-state index contributed by atoms with van der Waals surface area (Å²) in [7, 11) is 1.65. The molecule has 0 spiro atoms. The molecule has 2 heterocycles. The maximum atomic E-state index is 12.5. The Labute approximate surface area is 163 Å². The zero-order valence-electron chi connectivity index (χ0n) is 15.4. The molecule has 2 aliphatic heterocycles. The molecule has 1 N–H and O–H groups in total. The summed E-state index contributed by atoms with van der Waals surface area (Å²) in [6.45, 7) is 7.03. The molecule has 0 aromatic heterocycles. The summed E-state index contributed by atoms with van der Waals surface area (Å²) in [5.41, 5.74) is 0.970. The number of benzene rings is 1. The van der Waals surface area contributed by atoms with Crippen molar-refractivity contribution in [3.05, 3.63) is 28.2 Å². The van der Waals surface area contributed by atoms with E-state index in [1.807, 2.05) is 23.1 Å². The van der Waals surface area contributed by atoms with Crippen LogP contribution in [0.1, 0.15) is 18.4 Å². The highest BCUT2D eigenvalue weighted by atomic mass is 79.9. The number of hydrogen-bond donors (Lipinski definition) is 1. The zero-order valence-corrected chi connectivity index (χ0v) is 17.0. The molecule has 0 unspecified atom stereocenters. The van der Waals surface area contributed by atoms with Gasteiger partial charge in [0.25, 0.3) is 0 Å². The first-order valence-corrected chi connectivity index (χ1v) is 10.1. The van der Waals surface area contributed by atoms with Gasteiger partial charge in [-0.2, -0.15) is 0 Å². The van der Waals surface area contributed by atoms with Crippen LogP contribution in [0.3, 0.4) is 0 Å². The van der Waals surface area contributed by atoms with Crippen molar-refractivity contribution in [3.63, 3.8) is 0 Å². The number of ether oxygens (including phenoxy) is 2. The van der Waals surface area contributed by atoms with Gasteiger partial charge in [-0.3, -0.25) is 4.90 Å². The van der Waals surface area contributed by atoms with Gasteiger partial charge in [0, 0.05) is 49.3 Å². The zero-order chi connectivity index (χ0) is 18.4. The van der Waals surface area contributed by atoms with Crippen molar-refractivity contribution in [2.45, 2.75) is 19.4 Å². The summed E-state index contributed by atoms with van der Waals surface area (Å²) in [6.07, 6.45) is 2.15. The Kier molecular flexibility index (Phi) is 7.16. The molecule has 2 saturated heterocycles. The Bertz CT molecular complexity index is 600. The van der Waals surface area contributed by atoms with Gasteiger partial charge in [-0.1, -0.05) is 15.9 Å². The number of carbonyl (C=O) groups is 1. The van der Waals surface area contributed by atoms with Crippen LogP contribution in [0, 0.1) is 5.92 Å². The summed E-state index contributed by atoms with van der Waals surface area (Å²) >= 11 is 3.47. The third-order valence-corrected chi connectivity index (χ3v) is 5.69. The van der Waals surface area contributed by atoms with E-state index in [0.717, 1.165) is 74.6 Å². The Balaban J connectivity index is 1.43. The molecular weight excluding hydrogens is 398 g/mol. The number of piperidine rings is 1. The monoisotopic (exact) mass is 425 g/mol. The second-order valence-corrected chi connectivity index (χ2v) is 7.87. The van der Waals surface area contributed by atoms with E-state index in [9.17, 15) is 4.79 Å². The number of carbonyl (C=O) groups excluding carboxylic acids is 1. The number of halogens is 1. The number of nitrogens with zero attached hydrogens (tertiary/aromatic N) is 2. The number of hydrogen-bond acceptors (Lipinski definition) is 4. The third kappa shape index (κ3) is 5.34. The maximum Gasteiger partial charge on any atom is 0.317 e. The van der Waals surface area contributed by atoms with E-state index in [-0.39, 0.29) is 6.03 Å². The lowest BCUT2D eigenvalue weighted by Crippen LogP contribution is -2.47. The highest BCUT2D eigenvalue weighted by Gasteiger charge is 2.25. The molecule has 0 saturated carbocycles. The first-order chi connectivity index (χ1) is 12.7. The smallest absolute Gasteiger partial charge is 0.317 e. The van der Waals surface area contributed by atoms with Gasteiger partial charge in [-0.25, -0.2) is 4.79 Å². The van der Waals surface area contributed by atoms with Gasteiger partial charge in [-0.05, 0) is 37.0 Å². The summed E-state index contributed by atoms with van der Waals surface area (Å²) in [4.78, 5) is 16.9. The van der Waals surface area contributed by atoms with E-state index < -0.39 is 0 Å². The largest absolute Gasteiger partial charge is 0.496 e. The fraction of sp³-hybridized carbons (Fsp3) is 0.632.